The predicted octanol–water partition coefficient (Wildman–Crippen LogP) is 4.46. The Balaban J connectivity index is 1.52. The maximum atomic E-state index is 12.9. The number of non-ortho nitro benzene ring substituents is 1. The number of nitrogens with zero attached hydrogens (tertiary/aromatic N) is 5. The van der Waals surface area contributed by atoms with E-state index < -0.39 is 4.92 Å². The Bertz CT molecular complexity index is 1190. The van der Waals surface area contributed by atoms with Crippen LogP contribution in [0.25, 0.3) is 0 Å². The molecule has 1 amide bonds. The van der Waals surface area contributed by atoms with Crippen molar-refractivity contribution in [3.8, 4) is 0 Å². The largest absolute Gasteiger partial charge is 0.353 e. The molecular formula is C25H26ClN5O3. The van der Waals surface area contributed by atoms with Gasteiger partial charge >= 0.3 is 0 Å². The van der Waals surface area contributed by atoms with E-state index in [-0.39, 0.29) is 11.6 Å². The third kappa shape index (κ3) is 5.17. The molecule has 1 aromatic heterocycles. The van der Waals surface area contributed by atoms with Crippen LogP contribution in [-0.2, 0) is 12.8 Å². The standard InChI is InChI=1S/C25H26ClN5O3/c1-3-23-22(16-18-4-8-20(26)9-5-18)24(28-17(2)27-23)29-12-14-30(15-13-29)25(32)19-6-10-21(11-7-19)31(33)34/h4-11H,3,12-16H2,1-2H3. The van der Waals surface area contributed by atoms with E-state index in [9.17, 15) is 14.9 Å². The van der Waals surface area contributed by atoms with Crippen LogP contribution >= 0.6 is 11.6 Å². The van der Waals surface area contributed by atoms with Crippen molar-refractivity contribution < 1.29 is 9.72 Å². The Morgan fingerprint density at radius 2 is 1.68 bits per heavy atom. The van der Waals surface area contributed by atoms with Gasteiger partial charge in [-0.05, 0) is 43.2 Å². The molecule has 8 nitrogen and oxygen atoms in total. The van der Waals surface area contributed by atoms with Crippen LogP contribution < -0.4 is 4.90 Å². The molecule has 1 saturated heterocycles. The summed E-state index contributed by atoms with van der Waals surface area (Å²) >= 11 is 6.06. The Kier molecular flexibility index (Phi) is 7.07. The fourth-order valence-corrected chi connectivity index (χ4v) is 4.33. The molecule has 0 unspecified atom stereocenters. The second kappa shape index (κ2) is 10.2. The number of carbonyl (C=O) groups excluding carboxylic acids is 1. The zero-order valence-corrected chi connectivity index (χ0v) is 20.0. The average molecular weight is 480 g/mol. The van der Waals surface area contributed by atoms with E-state index in [2.05, 4.69) is 16.8 Å². The van der Waals surface area contributed by atoms with Crippen LogP contribution in [0.4, 0.5) is 11.5 Å². The minimum atomic E-state index is -0.469. The molecule has 3 aromatic rings. The van der Waals surface area contributed by atoms with Crippen LogP contribution in [0.15, 0.2) is 48.5 Å². The number of nitro groups is 1. The van der Waals surface area contributed by atoms with Gasteiger partial charge in [0.1, 0.15) is 11.6 Å². The van der Waals surface area contributed by atoms with Crippen LogP contribution in [0.2, 0.25) is 5.02 Å². The van der Waals surface area contributed by atoms with Gasteiger partial charge in [0.25, 0.3) is 11.6 Å². The first-order valence-electron chi connectivity index (χ1n) is 11.2. The van der Waals surface area contributed by atoms with Gasteiger partial charge < -0.3 is 9.80 Å². The average Bonchev–Trinajstić information content (AvgIpc) is 2.85. The van der Waals surface area contributed by atoms with Crippen LogP contribution in [0, 0.1) is 17.0 Å². The van der Waals surface area contributed by atoms with E-state index in [0.717, 1.165) is 34.9 Å². The molecule has 1 fully saturated rings. The van der Waals surface area contributed by atoms with E-state index in [1.807, 2.05) is 31.2 Å². The van der Waals surface area contributed by atoms with Gasteiger partial charge in [0, 0.05) is 66.6 Å². The third-order valence-electron chi connectivity index (χ3n) is 6.00. The zero-order chi connectivity index (χ0) is 24.2. The maximum Gasteiger partial charge on any atom is 0.269 e. The minimum absolute atomic E-state index is 0.0274. The number of amides is 1. The number of hydrogen-bond acceptors (Lipinski definition) is 6. The molecule has 176 valence electrons. The van der Waals surface area contributed by atoms with Crippen LogP contribution in [-0.4, -0.2) is 51.9 Å². The summed E-state index contributed by atoms with van der Waals surface area (Å²) in [5.74, 6) is 1.53. The third-order valence-corrected chi connectivity index (χ3v) is 6.26. The quantitative estimate of drug-likeness (QED) is 0.382. The maximum absolute atomic E-state index is 12.9. The van der Waals surface area contributed by atoms with Crippen molar-refractivity contribution in [1.82, 2.24) is 14.9 Å². The lowest BCUT2D eigenvalue weighted by Gasteiger charge is -2.36. The van der Waals surface area contributed by atoms with Gasteiger partial charge in [-0.3, -0.25) is 14.9 Å². The van der Waals surface area contributed by atoms with Crippen molar-refractivity contribution in [1.29, 1.82) is 0 Å². The van der Waals surface area contributed by atoms with E-state index in [0.29, 0.717) is 43.2 Å². The molecule has 2 heterocycles. The highest BCUT2D eigenvalue weighted by Gasteiger charge is 2.26. The van der Waals surface area contributed by atoms with Gasteiger partial charge in [0.15, 0.2) is 0 Å². The van der Waals surface area contributed by atoms with E-state index >= 15 is 0 Å². The molecule has 0 bridgehead atoms. The fourth-order valence-electron chi connectivity index (χ4n) is 4.21. The first kappa shape index (κ1) is 23.6. The number of halogens is 1. The lowest BCUT2D eigenvalue weighted by atomic mass is 10.0. The minimum Gasteiger partial charge on any atom is -0.353 e. The Morgan fingerprint density at radius 3 is 2.26 bits per heavy atom. The fraction of sp³-hybridized carbons (Fsp3) is 0.320. The summed E-state index contributed by atoms with van der Waals surface area (Å²) in [5, 5.41) is 11.6. The van der Waals surface area contributed by atoms with Crippen LogP contribution in [0.1, 0.15) is 39.9 Å². The Labute approximate surface area is 203 Å². The first-order valence-corrected chi connectivity index (χ1v) is 11.6. The zero-order valence-electron chi connectivity index (χ0n) is 19.2. The van der Waals surface area contributed by atoms with Gasteiger partial charge in [-0.1, -0.05) is 30.7 Å². The topological polar surface area (TPSA) is 92.5 Å². The predicted molar refractivity (Wildman–Crippen MR) is 132 cm³/mol. The second-order valence-corrected chi connectivity index (χ2v) is 8.70. The number of carbonyl (C=O) groups is 1. The number of benzene rings is 2. The van der Waals surface area contributed by atoms with E-state index in [4.69, 9.17) is 16.6 Å². The monoisotopic (exact) mass is 479 g/mol. The van der Waals surface area contributed by atoms with Crippen LogP contribution in [0.5, 0.6) is 0 Å². The molecule has 1 aliphatic rings. The molecule has 0 radical (unpaired) electrons. The number of hydrogen-bond donors (Lipinski definition) is 0. The van der Waals surface area contributed by atoms with E-state index in [1.165, 1.54) is 24.3 Å². The van der Waals surface area contributed by atoms with E-state index in [1.54, 1.807) is 4.90 Å². The van der Waals surface area contributed by atoms with Crippen molar-refractivity contribution >= 4 is 29.0 Å². The highest BCUT2D eigenvalue weighted by atomic mass is 35.5. The van der Waals surface area contributed by atoms with Gasteiger partial charge in [0.2, 0.25) is 0 Å². The molecule has 9 heteroatoms. The van der Waals surface area contributed by atoms with Crippen molar-refractivity contribution in [3.05, 3.63) is 91.9 Å². The summed E-state index contributed by atoms with van der Waals surface area (Å²) in [6, 6.07) is 13.6. The molecular weight excluding hydrogens is 454 g/mol. The number of anilines is 1. The molecule has 0 atom stereocenters. The normalized spacial score (nSPS) is 13.7. The summed E-state index contributed by atoms with van der Waals surface area (Å²) < 4.78 is 0. The molecule has 2 aromatic carbocycles. The number of aryl methyl sites for hydroxylation is 2. The molecule has 1 aliphatic heterocycles. The van der Waals surface area contributed by atoms with Crippen molar-refractivity contribution in [2.45, 2.75) is 26.7 Å². The van der Waals surface area contributed by atoms with Gasteiger partial charge in [0.05, 0.1) is 4.92 Å². The molecule has 34 heavy (non-hydrogen) atoms. The summed E-state index contributed by atoms with van der Waals surface area (Å²) in [7, 11) is 0. The summed E-state index contributed by atoms with van der Waals surface area (Å²) in [5.41, 5.74) is 3.70. The second-order valence-electron chi connectivity index (χ2n) is 8.26. The van der Waals surface area contributed by atoms with Crippen molar-refractivity contribution in [3.63, 3.8) is 0 Å². The highest BCUT2D eigenvalue weighted by molar-refractivity contribution is 6.30. The molecule has 0 spiro atoms. The lowest BCUT2D eigenvalue weighted by Crippen LogP contribution is -2.49. The molecule has 0 saturated carbocycles. The molecule has 0 aliphatic carbocycles. The summed E-state index contributed by atoms with van der Waals surface area (Å²) in [6.07, 6.45) is 1.51. The summed E-state index contributed by atoms with van der Waals surface area (Å²) in [6.45, 7) is 6.38. The first-order chi connectivity index (χ1) is 16.4. The number of aromatic nitrogens is 2. The number of nitro benzene ring substituents is 1. The van der Waals surface area contributed by atoms with Crippen LogP contribution in [0.3, 0.4) is 0 Å². The Morgan fingerprint density at radius 1 is 1.03 bits per heavy atom. The van der Waals surface area contributed by atoms with Crippen molar-refractivity contribution in [2.24, 2.45) is 0 Å². The molecule has 0 N–H and O–H groups in total. The highest BCUT2D eigenvalue weighted by Crippen LogP contribution is 2.27. The van der Waals surface area contributed by atoms with Gasteiger partial charge in [-0.2, -0.15) is 0 Å². The Hall–Kier alpha value is -3.52. The number of piperazine rings is 1. The van der Waals surface area contributed by atoms with Gasteiger partial charge in [-0.15, -0.1) is 0 Å². The molecule has 4 rings (SSSR count). The smallest absolute Gasteiger partial charge is 0.269 e. The lowest BCUT2D eigenvalue weighted by molar-refractivity contribution is -0.384. The van der Waals surface area contributed by atoms with Crippen molar-refractivity contribution in [2.75, 3.05) is 31.1 Å². The number of rotatable bonds is 6. The van der Waals surface area contributed by atoms with Gasteiger partial charge in [-0.25, -0.2) is 9.97 Å². The SMILES string of the molecule is CCc1nc(C)nc(N2CCN(C(=O)c3ccc([N+](=O)[O-])cc3)CC2)c1Cc1ccc(Cl)cc1. The summed E-state index contributed by atoms with van der Waals surface area (Å²) in [4.78, 5) is 36.8.